The molecule has 0 bridgehead atoms. The molecule has 5 heteroatoms. The molecular formula is C9H9BrFNO2. The largest absolute Gasteiger partial charge is 0.277 e. The Kier molecular flexibility index (Phi) is 4.03. The Morgan fingerprint density at radius 2 is 2.36 bits per heavy atom. The highest BCUT2D eigenvalue weighted by atomic mass is 79.9. The van der Waals surface area contributed by atoms with Gasteiger partial charge in [-0.1, -0.05) is 6.07 Å². The van der Waals surface area contributed by atoms with Gasteiger partial charge >= 0.3 is 0 Å². The standard InChI is InChI=1S/C9H9BrFNO2/c1-14-12-9(13)5-6-2-3-8(11)7(10)4-6/h2-4H,5H2,1H3,(H,12,13). The molecule has 0 aliphatic carbocycles. The van der Waals surface area contributed by atoms with E-state index in [0.29, 0.717) is 10.0 Å². The van der Waals surface area contributed by atoms with Crippen molar-refractivity contribution >= 4 is 21.8 Å². The van der Waals surface area contributed by atoms with Crippen molar-refractivity contribution in [3.63, 3.8) is 0 Å². The van der Waals surface area contributed by atoms with Crippen molar-refractivity contribution in [1.82, 2.24) is 5.48 Å². The van der Waals surface area contributed by atoms with Crippen molar-refractivity contribution in [3.05, 3.63) is 34.1 Å². The van der Waals surface area contributed by atoms with Gasteiger partial charge < -0.3 is 0 Å². The summed E-state index contributed by atoms with van der Waals surface area (Å²) >= 11 is 3.04. The number of carbonyl (C=O) groups excluding carboxylic acids is 1. The van der Waals surface area contributed by atoms with Crippen molar-refractivity contribution in [3.8, 4) is 0 Å². The Labute approximate surface area is 89.3 Å². The quantitative estimate of drug-likeness (QED) is 0.843. The fourth-order valence-corrected chi connectivity index (χ4v) is 1.41. The number of halogens is 2. The predicted octanol–water partition coefficient (Wildman–Crippen LogP) is 1.81. The third-order valence-corrected chi connectivity index (χ3v) is 2.17. The zero-order valence-electron chi connectivity index (χ0n) is 7.51. The first-order chi connectivity index (χ1) is 6.63. The molecule has 0 radical (unpaired) electrons. The highest BCUT2D eigenvalue weighted by Gasteiger charge is 2.05. The Morgan fingerprint density at radius 1 is 1.64 bits per heavy atom. The fourth-order valence-electron chi connectivity index (χ4n) is 0.985. The summed E-state index contributed by atoms with van der Waals surface area (Å²) in [6.45, 7) is 0. The van der Waals surface area contributed by atoms with Gasteiger partial charge in [0.15, 0.2) is 0 Å². The van der Waals surface area contributed by atoms with Crippen LogP contribution in [-0.4, -0.2) is 13.0 Å². The Hall–Kier alpha value is -0.940. The van der Waals surface area contributed by atoms with Crippen LogP contribution in [-0.2, 0) is 16.1 Å². The molecule has 0 aromatic heterocycles. The molecule has 1 aromatic carbocycles. The van der Waals surface area contributed by atoms with E-state index in [2.05, 4.69) is 26.2 Å². The number of hydroxylamine groups is 1. The second kappa shape index (κ2) is 5.07. The predicted molar refractivity (Wildman–Crippen MR) is 53.0 cm³/mol. The molecule has 1 amide bonds. The third kappa shape index (κ3) is 3.08. The molecule has 0 saturated heterocycles. The maximum atomic E-state index is 12.8. The highest BCUT2D eigenvalue weighted by Crippen LogP contribution is 2.16. The van der Waals surface area contributed by atoms with Crippen LogP contribution in [0.15, 0.2) is 22.7 Å². The normalized spacial score (nSPS) is 9.93. The monoisotopic (exact) mass is 261 g/mol. The Balaban J connectivity index is 2.68. The van der Waals surface area contributed by atoms with Gasteiger partial charge in [0.05, 0.1) is 18.0 Å². The van der Waals surface area contributed by atoms with Gasteiger partial charge in [0.25, 0.3) is 0 Å². The van der Waals surface area contributed by atoms with E-state index in [9.17, 15) is 9.18 Å². The van der Waals surface area contributed by atoms with Crippen LogP contribution in [0.4, 0.5) is 4.39 Å². The molecule has 0 fully saturated rings. The zero-order chi connectivity index (χ0) is 10.6. The van der Waals surface area contributed by atoms with Crippen LogP contribution in [0.1, 0.15) is 5.56 Å². The number of carbonyl (C=O) groups is 1. The molecule has 0 saturated carbocycles. The van der Waals surface area contributed by atoms with Gasteiger partial charge in [0.1, 0.15) is 5.82 Å². The number of benzene rings is 1. The molecule has 76 valence electrons. The molecule has 0 atom stereocenters. The number of hydrogen-bond acceptors (Lipinski definition) is 2. The first-order valence-electron chi connectivity index (χ1n) is 3.89. The number of nitrogens with one attached hydrogen (secondary N) is 1. The molecule has 1 rings (SSSR count). The van der Waals surface area contributed by atoms with Crippen molar-refractivity contribution in [2.24, 2.45) is 0 Å². The molecule has 3 nitrogen and oxygen atoms in total. The van der Waals surface area contributed by atoms with Crippen molar-refractivity contribution in [1.29, 1.82) is 0 Å². The lowest BCUT2D eigenvalue weighted by Crippen LogP contribution is -2.23. The minimum absolute atomic E-state index is 0.159. The van der Waals surface area contributed by atoms with Gasteiger partial charge in [-0.3, -0.25) is 9.63 Å². The number of amides is 1. The first-order valence-corrected chi connectivity index (χ1v) is 4.68. The van der Waals surface area contributed by atoms with E-state index in [1.807, 2.05) is 0 Å². The van der Waals surface area contributed by atoms with E-state index in [-0.39, 0.29) is 18.1 Å². The minimum atomic E-state index is -0.346. The van der Waals surface area contributed by atoms with Crippen molar-refractivity contribution < 1.29 is 14.0 Å². The van der Waals surface area contributed by atoms with Crippen LogP contribution >= 0.6 is 15.9 Å². The van der Waals surface area contributed by atoms with Crippen LogP contribution in [0.25, 0.3) is 0 Å². The van der Waals surface area contributed by atoms with Gasteiger partial charge in [-0.15, -0.1) is 0 Å². The van der Waals surface area contributed by atoms with Crippen LogP contribution in [0, 0.1) is 5.82 Å². The molecule has 1 N–H and O–H groups in total. The van der Waals surface area contributed by atoms with E-state index in [1.54, 1.807) is 12.1 Å². The molecule has 14 heavy (non-hydrogen) atoms. The SMILES string of the molecule is CONC(=O)Cc1ccc(F)c(Br)c1. The lowest BCUT2D eigenvalue weighted by molar-refractivity contribution is -0.130. The molecule has 1 aromatic rings. The average Bonchev–Trinajstić information content (AvgIpc) is 2.12. The maximum absolute atomic E-state index is 12.8. The van der Waals surface area contributed by atoms with Crippen LogP contribution in [0.5, 0.6) is 0 Å². The molecule has 0 spiro atoms. The summed E-state index contributed by atoms with van der Waals surface area (Å²) in [5.74, 6) is -0.619. The Bertz CT molecular complexity index is 344. The lowest BCUT2D eigenvalue weighted by Gasteiger charge is -2.02. The third-order valence-electron chi connectivity index (χ3n) is 1.56. The summed E-state index contributed by atoms with van der Waals surface area (Å²) in [5, 5.41) is 0. The molecule has 0 unspecified atom stereocenters. The van der Waals surface area contributed by atoms with Gasteiger partial charge in [-0.05, 0) is 33.6 Å². The van der Waals surface area contributed by atoms with Gasteiger partial charge in [-0.25, -0.2) is 9.87 Å². The van der Waals surface area contributed by atoms with E-state index in [1.165, 1.54) is 13.2 Å². The second-order valence-electron chi connectivity index (χ2n) is 2.65. The first kappa shape index (κ1) is 11.1. The van der Waals surface area contributed by atoms with Crippen LogP contribution in [0.2, 0.25) is 0 Å². The van der Waals surface area contributed by atoms with E-state index >= 15 is 0 Å². The van der Waals surface area contributed by atoms with Crippen molar-refractivity contribution in [2.75, 3.05) is 7.11 Å². The number of rotatable bonds is 3. The minimum Gasteiger partial charge on any atom is -0.277 e. The van der Waals surface area contributed by atoms with Gasteiger partial charge in [0, 0.05) is 0 Å². The smallest absolute Gasteiger partial charge is 0.247 e. The number of hydrogen-bond donors (Lipinski definition) is 1. The summed E-state index contributed by atoms with van der Waals surface area (Å²) in [4.78, 5) is 15.5. The summed E-state index contributed by atoms with van der Waals surface area (Å²) < 4.78 is 13.2. The summed E-state index contributed by atoms with van der Waals surface area (Å²) in [6, 6.07) is 4.42. The lowest BCUT2D eigenvalue weighted by atomic mass is 10.1. The summed E-state index contributed by atoms with van der Waals surface area (Å²) in [5.41, 5.74) is 2.90. The second-order valence-corrected chi connectivity index (χ2v) is 3.51. The van der Waals surface area contributed by atoms with Crippen LogP contribution < -0.4 is 5.48 Å². The Morgan fingerprint density at radius 3 is 2.93 bits per heavy atom. The van der Waals surface area contributed by atoms with E-state index in [4.69, 9.17) is 0 Å². The molecule has 0 heterocycles. The van der Waals surface area contributed by atoms with E-state index in [0.717, 1.165) is 0 Å². The molecule has 0 aliphatic heterocycles. The van der Waals surface area contributed by atoms with Crippen molar-refractivity contribution in [2.45, 2.75) is 6.42 Å². The van der Waals surface area contributed by atoms with Gasteiger partial charge in [-0.2, -0.15) is 0 Å². The van der Waals surface area contributed by atoms with Gasteiger partial charge in [0.2, 0.25) is 5.91 Å². The summed E-state index contributed by atoms with van der Waals surface area (Å²) in [7, 11) is 1.36. The topological polar surface area (TPSA) is 38.3 Å². The molecular weight excluding hydrogens is 253 g/mol. The zero-order valence-corrected chi connectivity index (χ0v) is 9.10. The maximum Gasteiger partial charge on any atom is 0.247 e. The van der Waals surface area contributed by atoms with E-state index < -0.39 is 0 Å². The molecule has 0 aliphatic rings. The average molecular weight is 262 g/mol. The summed E-state index contributed by atoms with van der Waals surface area (Å²) in [6.07, 6.45) is 0.159. The fraction of sp³-hybridized carbons (Fsp3) is 0.222. The van der Waals surface area contributed by atoms with Crippen LogP contribution in [0.3, 0.4) is 0 Å². The highest BCUT2D eigenvalue weighted by molar-refractivity contribution is 9.10.